The van der Waals surface area contributed by atoms with E-state index in [0.717, 1.165) is 47.9 Å². The van der Waals surface area contributed by atoms with E-state index in [-0.39, 0.29) is 5.91 Å². The van der Waals surface area contributed by atoms with Gasteiger partial charge in [-0.2, -0.15) is 0 Å². The molecule has 1 fully saturated rings. The van der Waals surface area contributed by atoms with Gasteiger partial charge in [0.15, 0.2) is 0 Å². The summed E-state index contributed by atoms with van der Waals surface area (Å²) < 4.78 is 0. The van der Waals surface area contributed by atoms with Gasteiger partial charge in [0.2, 0.25) is 0 Å². The number of hydrogen-bond acceptors (Lipinski definition) is 2. The van der Waals surface area contributed by atoms with Crippen LogP contribution in [0.15, 0.2) is 42.5 Å². The van der Waals surface area contributed by atoms with Crippen molar-refractivity contribution in [3.05, 3.63) is 75.2 Å². The van der Waals surface area contributed by atoms with E-state index in [0.29, 0.717) is 22.3 Å². The van der Waals surface area contributed by atoms with Crippen LogP contribution in [0.25, 0.3) is 11.3 Å². The van der Waals surface area contributed by atoms with Crippen molar-refractivity contribution in [3.63, 3.8) is 0 Å². The molecule has 150 valence electrons. The number of aromatic amines is 1. The number of hydrogen-bond donors (Lipinski definition) is 1. The molecule has 1 saturated heterocycles. The van der Waals surface area contributed by atoms with Crippen LogP contribution in [0.3, 0.4) is 0 Å². The van der Waals surface area contributed by atoms with Gasteiger partial charge in [-0.3, -0.25) is 4.79 Å². The average Bonchev–Trinajstić information content (AvgIpc) is 3.06. The Morgan fingerprint density at radius 2 is 1.76 bits per heavy atom. The predicted molar refractivity (Wildman–Crippen MR) is 118 cm³/mol. The van der Waals surface area contributed by atoms with Gasteiger partial charge in [0.05, 0.1) is 0 Å². The Labute approximate surface area is 180 Å². The molecular formula is C23H23Cl2N3O. The van der Waals surface area contributed by atoms with Crippen LogP contribution in [-0.2, 0) is 0 Å². The van der Waals surface area contributed by atoms with E-state index in [1.165, 1.54) is 5.56 Å². The van der Waals surface area contributed by atoms with Gasteiger partial charge in [0.25, 0.3) is 5.91 Å². The highest BCUT2D eigenvalue weighted by Gasteiger charge is 2.25. The van der Waals surface area contributed by atoms with Crippen LogP contribution in [-0.4, -0.2) is 33.9 Å². The van der Waals surface area contributed by atoms with Crippen LogP contribution in [0.5, 0.6) is 0 Å². The molecule has 1 aliphatic rings. The molecular weight excluding hydrogens is 405 g/mol. The zero-order chi connectivity index (χ0) is 20.5. The third kappa shape index (κ3) is 4.19. The lowest BCUT2D eigenvalue weighted by Crippen LogP contribution is -2.37. The number of aromatic nitrogens is 2. The summed E-state index contributed by atoms with van der Waals surface area (Å²) in [6.45, 7) is 5.36. The summed E-state index contributed by atoms with van der Waals surface area (Å²) in [7, 11) is 0. The molecule has 0 saturated carbocycles. The van der Waals surface area contributed by atoms with Gasteiger partial charge >= 0.3 is 0 Å². The maximum absolute atomic E-state index is 13.1. The number of nitrogens with one attached hydrogen (secondary N) is 1. The van der Waals surface area contributed by atoms with Gasteiger partial charge in [-0.25, -0.2) is 4.98 Å². The standard InChI is InChI=1S/C23H23Cl2N3O/c1-14-3-4-18(13-20(14)21-22(25)27-15(2)26-21)23(29)28-11-9-17(10-12-28)16-5-7-19(24)8-6-16/h3-8,13,17H,9-12H2,1-2H3,(H,26,27). The number of aryl methyl sites for hydroxylation is 2. The van der Waals surface area contributed by atoms with E-state index in [1.54, 1.807) is 0 Å². The fourth-order valence-electron chi connectivity index (χ4n) is 3.98. The molecule has 1 amide bonds. The molecule has 3 aromatic rings. The Kier molecular flexibility index (Phi) is 5.66. The topological polar surface area (TPSA) is 49.0 Å². The predicted octanol–water partition coefficient (Wildman–Crippen LogP) is 6.02. The Morgan fingerprint density at radius 3 is 2.38 bits per heavy atom. The minimum Gasteiger partial charge on any atom is -0.339 e. The summed E-state index contributed by atoms with van der Waals surface area (Å²) in [6, 6.07) is 13.8. The van der Waals surface area contributed by atoms with Crippen molar-refractivity contribution in [1.29, 1.82) is 0 Å². The minimum absolute atomic E-state index is 0.0594. The molecule has 6 heteroatoms. The van der Waals surface area contributed by atoms with Gasteiger partial charge < -0.3 is 9.88 Å². The summed E-state index contributed by atoms with van der Waals surface area (Å²) in [4.78, 5) is 22.6. The first-order chi connectivity index (χ1) is 13.9. The zero-order valence-electron chi connectivity index (χ0n) is 16.5. The molecule has 0 bridgehead atoms. The van der Waals surface area contributed by atoms with Crippen LogP contribution < -0.4 is 0 Å². The SMILES string of the molecule is Cc1nc(-c2cc(C(=O)N3CCC(c4ccc(Cl)cc4)CC3)ccc2C)c(Cl)[nH]1. The number of rotatable bonds is 3. The van der Waals surface area contributed by atoms with Crippen molar-refractivity contribution in [2.75, 3.05) is 13.1 Å². The fourth-order valence-corrected chi connectivity index (χ4v) is 4.39. The molecule has 0 spiro atoms. The lowest BCUT2D eigenvalue weighted by molar-refractivity contribution is 0.0713. The quantitative estimate of drug-likeness (QED) is 0.555. The summed E-state index contributed by atoms with van der Waals surface area (Å²) in [5.41, 5.74) is 4.59. The van der Waals surface area contributed by atoms with E-state index in [4.69, 9.17) is 23.2 Å². The van der Waals surface area contributed by atoms with E-state index in [1.807, 2.05) is 49.1 Å². The molecule has 0 unspecified atom stereocenters. The Balaban J connectivity index is 1.50. The van der Waals surface area contributed by atoms with Gasteiger partial charge in [-0.15, -0.1) is 0 Å². The lowest BCUT2D eigenvalue weighted by atomic mass is 9.89. The maximum Gasteiger partial charge on any atom is 0.253 e. The third-order valence-electron chi connectivity index (χ3n) is 5.64. The maximum atomic E-state index is 13.1. The normalized spacial score (nSPS) is 15.0. The molecule has 1 aromatic heterocycles. The summed E-state index contributed by atoms with van der Waals surface area (Å²) in [6.07, 6.45) is 1.91. The Bertz CT molecular complexity index is 1030. The van der Waals surface area contributed by atoms with Crippen LogP contribution in [0.1, 0.15) is 46.1 Å². The number of carbonyl (C=O) groups is 1. The number of piperidine rings is 1. The number of likely N-dealkylation sites (tertiary alicyclic amines) is 1. The molecule has 4 nitrogen and oxygen atoms in total. The van der Waals surface area contributed by atoms with E-state index in [9.17, 15) is 4.79 Å². The largest absolute Gasteiger partial charge is 0.339 e. The number of amides is 1. The average molecular weight is 428 g/mol. The second-order valence-electron chi connectivity index (χ2n) is 7.63. The van der Waals surface area contributed by atoms with Crippen LogP contribution in [0, 0.1) is 13.8 Å². The van der Waals surface area contributed by atoms with Crippen molar-refractivity contribution in [1.82, 2.24) is 14.9 Å². The van der Waals surface area contributed by atoms with Gasteiger partial charge in [0, 0.05) is 29.2 Å². The zero-order valence-corrected chi connectivity index (χ0v) is 18.0. The van der Waals surface area contributed by atoms with E-state index >= 15 is 0 Å². The van der Waals surface area contributed by atoms with Crippen molar-refractivity contribution in [3.8, 4) is 11.3 Å². The molecule has 0 atom stereocenters. The second kappa shape index (κ2) is 8.21. The number of benzene rings is 2. The first kappa shape index (κ1) is 20.0. The van der Waals surface area contributed by atoms with Gasteiger partial charge in [0.1, 0.15) is 16.7 Å². The number of halogens is 2. The first-order valence-corrected chi connectivity index (χ1v) is 10.6. The molecule has 0 radical (unpaired) electrons. The fraction of sp³-hybridized carbons (Fsp3) is 0.304. The van der Waals surface area contributed by atoms with Crippen molar-refractivity contribution < 1.29 is 4.79 Å². The molecule has 4 rings (SSSR count). The lowest BCUT2D eigenvalue weighted by Gasteiger charge is -2.32. The Morgan fingerprint density at radius 1 is 1.07 bits per heavy atom. The number of nitrogens with zero attached hydrogens (tertiary/aromatic N) is 2. The highest BCUT2D eigenvalue weighted by molar-refractivity contribution is 6.32. The van der Waals surface area contributed by atoms with Crippen molar-refractivity contribution >= 4 is 29.1 Å². The summed E-state index contributed by atoms with van der Waals surface area (Å²) in [5, 5.41) is 1.25. The summed E-state index contributed by atoms with van der Waals surface area (Å²) >= 11 is 12.3. The highest BCUT2D eigenvalue weighted by atomic mass is 35.5. The minimum atomic E-state index is 0.0594. The van der Waals surface area contributed by atoms with E-state index in [2.05, 4.69) is 22.1 Å². The molecule has 2 aromatic carbocycles. The van der Waals surface area contributed by atoms with Gasteiger partial charge in [-0.05, 0) is 68.0 Å². The Hall–Kier alpha value is -2.30. The number of carbonyl (C=O) groups excluding carboxylic acids is 1. The van der Waals surface area contributed by atoms with E-state index < -0.39 is 0 Å². The molecule has 1 aliphatic heterocycles. The van der Waals surface area contributed by atoms with Gasteiger partial charge in [-0.1, -0.05) is 41.4 Å². The second-order valence-corrected chi connectivity index (χ2v) is 8.45. The summed E-state index contributed by atoms with van der Waals surface area (Å²) in [5.74, 6) is 1.28. The van der Waals surface area contributed by atoms with Crippen LogP contribution in [0.4, 0.5) is 0 Å². The number of H-pyrrole nitrogens is 1. The monoisotopic (exact) mass is 427 g/mol. The van der Waals surface area contributed by atoms with Crippen LogP contribution in [0.2, 0.25) is 10.2 Å². The van der Waals surface area contributed by atoms with Crippen molar-refractivity contribution in [2.45, 2.75) is 32.6 Å². The third-order valence-corrected chi connectivity index (χ3v) is 6.17. The first-order valence-electron chi connectivity index (χ1n) is 9.80. The smallest absolute Gasteiger partial charge is 0.253 e. The van der Waals surface area contributed by atoms with Crippen LogP contribution >= 0.6 is 23.2 Å². The molecule has 29 heavy (non-hydrogen) atoms. The highest BCUT2D eigenvalue weighted by Crippen LogP contribution is 2.32. The number of imidazole rings is 1. The van der Waals surface area contributed by atoms with Crippen molar-refractivity contribution in [2.24, 2.45) is 0 Å². The molecule has 2 heterocycles. The molecule has 0 aliphatic carbocycles. The molecule has 1 N–H and O–H groups in total.